The Morgan fingerprint density at radius 3 is 2.45 bits per heavy atom. The van der Waals surface area contributed by atoms with Crippen molar-refractivity contribution in [2.75, 3.05) is 5.32 Å². The lowest BCUT2D eigenvalue weighted by molar-refractivity contribution is 0.255. The summed E-state index contributed by atoms with van der Waals surface area (Å²) in [6.45, 7) is 0. The van der Waals surface area contributed by atoms with Crippen LogP contribution < -0.4 is 10.6 Å². The highest BCUT2D eigenvalue weighted by atomic mass is 35.5. The Bertz CT molecular complexity index is 476. The molecule has 0 radical (unpaired) electrons. The van der Waals surface area contributed by atoms with Crippen molar-refractivity contribution in [2.24, 2.45) is 5.92 Å². The highest BCUT2D eigenvalue weighted by molar-refractivity contribution is 6.39. The zero-order valence-corrected chi connectivity index (χ0v) is 12.7. The molecule has 0 saturated heterocycles. The Morgan fingerprint density at radius 2 is 1.80 bits per heavy atom. The average Bonchev–Trinajstić information content (AvgIpc) is 2.44. The first kappa shape index (κ1) is 15.2. The van der Waals surface area contributed by atoms with Gasteiger partial charge in [0.15, 0.2) is 0 Å². The molecule has 108 valence electrons. The van der Waals surface area contributed by atoms with E-state index in [-0.39, 0.29) is 6.03 Å². The molecule has 0 unspecified atom stereocenters. The molecule has 1 aliphatic carbocycles. The number of carbonyl (C=O) groups is 1. The van der Waals surface area contributed by atoms with Crippen LogP contribution in [-0.2, 0) is 0 Å². The second-order valence-electron chi connectivity index (χ2n) is 4.95. The van der Waals surface area contributed by atoms with E-state index in [1.807, 2.05) is 0 Å². The third-order valence-electron chi connectivity index (χ3n) is 3.43. The van der Waals surface area contributed by atoms with Crippen LogP contribution >= 0.6 is 23.2 Å². The lowest BCUT2D eigenvalue weighted by Crippen LogP contribution is -2.24. The number of hydrogen-bond donors (Lipinski definition) is 2. The number of para-hydroxylation sites is 1. The summed E-state index contributed by atoms with van der Waals surface area (Å²) in [5, 5.41) is 6.18. The average molecular weight is 313 g/mol. The van der Waals surface area contributed by atoms with Gasteiger partial charge in [-0.05, 0) is 30.9 Å². The summed E-state index contributed by atoms with van der Waals surface area (Å²) in [5.41, 5.74) is 0.430. The molecule has 20 heavy (non-hydrogen) atoms. The molecule has 0 bridgehead atoms. The zero-order chi connectivity index (χ0) is 14.4. The van der Waals surface area contributed by atoms with E-state index in [2.05, 4.69) is 16.7 Å². The van der Waals surface area contributed by atoms with Crippen LogP contribution in [-0.4, -0.2) is 6.03 Å². The van der Waals surface area contributed by atoms with Crippen LogP contribution in [0.4, 0.5) is 10.5 Å². The maximum Gasteiger partial charge on any atom is 0.323 e. The van der Waals surface area contributed by atoms with Gasteiger partial charge < -0.3 is 10.6 Å². The molecule has 2 rings (SSSR count). The predicted molar refractivity (Wildman–Crippen MR) is 84.3 cm³/mol. The number of benzene rings is 1. The summed E-state index contributed by atoms with van der Waals surface area (Å²) >= 11 is 12.0. The number of allylic oxidation sites excluding steroid dienone is 1. The van der Waals surface area contributed by atoms with Gasteiger partial charge in [-0.1, -0.05) is 54.6 Å². The minimum Gasteiger partial charge on any atom is -0.315 e. The van der Waals surface area contributed by atoms with Gasteiger partial charge in [-0.3, -0.25) is 0 Å². The van der Waals surface area contributed by atoms with Crippen molar-refractivity contribution in [3.8, 4) is 0 Å². The lowest BCUT2D eigenvalue weighted by Gasteiger charge is -2.17. The van der Waals surface area contributed by atoms with E-state index >= 15 is 0 Å². The number of nitrogens with one attached hydrogen (secondary N) is 2. The molecule has 0 aliphatic heterocycles. The third-order valence-corrected chi connectivity index (χ3v) is 4.06. The molecular formula is C15H18Cl2N2O. The molecule has 1 fully saturated rings. The molecule has 0 spiro atoms. The normalized spacial score (nSPS) is 16.3. The quantitative estimate of drug-likeness (QED) is 0.790. The number of halogens is 2. The monoisotopic (exact) mass is 312 g/mol. The van der Waals surface area contributed by atoms with E-state index in [9.17, 15) is 4.79 Å². The Morgan fingerprint density at radius 1 is 1.15 bits per heavy atom. The van der Waals surface area contributed by atoms with E-state index in [1.54, 1.807) is 24.4 Å². The summed E-state index contributed by atoms with van der Waals surface area (Å²) in [4.78, 5) is 11.8. The molecule has 1 aromatic carbocycles. The van der Waals surface area contributed by atoms with Gasteiger partial charge in [0, 0.05) is 6.20 Å². The highest BCUT2D eigenvalue weighted by Crippen LogP contribution is 2.29. The molecule has 3 nitrogen and oxygen atoms in total. The summed E-state index contributed by atoms with van der Waals surface area (Å²) in [7, 11) is 0. The number of rotatable bonds is 3. The first-order chi connectivity index (χ1) is 9.66. The van der Waals surface area contributed by atoms with Crippen LogP contribution in [0.5, 0.6) is 0 Å². The Labute approximate surface area is 129 Å². The van der Waals surface area contributed by atoms with Crippen molar-refractivity contribution < 1.29 is 4.79 Å². The third kappa shape index (κ3) is 4.43. The fourth-order valence-electron chi connectivity index (χ4n) is 2.35. The molecular weight excluding hydrogens is 295 g/mol. The van der Waals surface area contributed by atoms with Crippen LogP contribution in [0.1, 0.15) is 32.1 Å². The number of urea groups is 1. The van der Waals surface area contributed by atoms with Crippen LogP contribution in [0.2, 0.25) is 10.0 Å². The molecule has 0 atom stereocenters. The molecule has 2 N–H and O–H groups in total. The van der Waals surface area contributed by atoms with Crippen molar-refractivity contribution in [2.45, 2.75) is 32.1 Å². The van der Waals surface area contributed by atoms with Gasteiger partial charge in [0.25, 0.3) is 0 Å². The maximum atomic E-state index is 11.8. The molecule has 1 aliphatic rings. The van der Waals surface area contributed by atoms with E-state index in [1.165, 1.54) is 32.1 Å². The molecule has 0 heterocycles. The Balaban J connectivity index is 1.84. The first-order valence-electron chi connectivity index (χ1n) is 6.85. The van der Waals surface area contributed by atoms with Crippen molar-refractivity contribution >= 4 is 34.9 Å². The second kappa shape index (κ2) is 7.55. The number of carbonyl (C=O) groups excluding carboxylic acids is 1. The summed E-state index contributed by atoms with van der Waals surface area (Å²) in [6, 6.07) is 4.76. The zero-order valence-electron chi connectivity index (χ0n) is 11.2. The van der Waals surface area contributed by atoms with Gasteiger partial charge in [0.1, 0.15) is 0 Å². The molecule has 5 heteroatoms. The minimum absolute atomic E-state index is 0.341. The smallest absolute Gasteiger partial charge is 0.315 e. The van der Waals surface area contributed by atoms with Crippen LogP contribution in [0.15, 0.2) is 30.5 Å². The van der Waals surface area contributed by atoms with Crippen LogP contribution in [0.25, 0.3) is 0 Å². The van der Waals surface area contributed by atoms with Gasteiger partial charge in [-0.15, -0.1) is 0 Å². The van der Waals surface area contributed by atoms with Crippen molar-refractivity contribution in [3.63, 3.8) is 0 Å². The van der Waals surface area contributed by atoms with E-state index in [0.717, 1.165) is 0 Å². The summed E-state index contributed by atoms with van der Waals surface area (Å²) in [6.07, 6.45) is 10.0. The SMILES string of the molecule is O=C(N/C=C/C1CCCCC1)Nc1c(Cl)cccc1Cl. The molecule has 2 amide bonds. The van der Waals surface area contributed by atoms with Gasteiger partial charge in [0.2, 0.25) is 0 Å². The topological polar surface area (TPSA) is 41.1 Å². The van der Waals surface area contributed by atoms with E-state index in [0.29, 0.717) is 21.7 Å². The number of amides is 2. The summed E-state index contributed by atoms with van der Waals surface area (Å²) < 4.78 is 0. The second-order valence-corrected chi connectivity index (χ2v) is 5.77. The number of anilines is 1. The fraction of sp³-hybridized carbons (Fsp3) is 0.400. The standard InChI is InChI=1S/C15H18Cl2N2O/c16-12-7-4-8-13(17)14(12)19-15(20)18-10-9-11-5-2-1-3-6-11/h4,7-11H,1-3,5-6H2,(H2,18,19,20)/b10-9+. The lowest BCUT2D eigenvalue weighted by atomic mass is 9.89. The van der Waals surface area contributed by atoms with E-state index in [4.69, 9.17) is 23.2 Å². The Kier molecular flexibility index (Phi) is 5.74. The molecule has 0 aromatic heterocycles. The number of hydrogen-bond acceptors (Lipinski definition) is 1. The summed E-state index contributed by atoms with van der Waals surface area (Å²) in [5.74, 6) is 0.577. The fourth-order valence-corrected chi connectivity index (χ4v) is 2.85. The van der Waals surface area contributed by atoms with Gasteiger partial charge in [-0.2, -0.15) is 0 Å². The Hall–Kier alpha value is -1.19. The largest absolute Gasteiger partial charge is 0.323 e. The predicted octanol–water partition coefficient (Wildman–Crippen LogP) is 5.21. The molecule has 1 aromatic rings. The highest BCUT2D eigenvalue weighted by Gasteiger charge is 2.10. The van der Waals surface area contributed by atoms with Crippen molar-refractivity contribution in [1.29, 1.82) is 0 Å². The molecule has 1 saturated carbocycles. The van der Waals surface area contributed by atoms with Crippen molar-refractivity contribution in [1.82, 2.24) is 5.32 Å². The van der Waals surface area contributed by atoms with Gasteiger partial charge in [0.05, 0.1) is 15.7 Å². The van der Waals surface area contributed by atoms with Gasteiger partial charge >= 0.3 is 6.03 Å². The van der Waals surface area contributed by atoms with Gasteiger partial charge in [-0.25, -0.2) is 4.79 Å². The maximum absolute atomic E-state index is 11.8. The van der Waals surface area contributed by atoms with Crippen molar-refractivity contribution in [3.05, 3.63) is 40.5 Å². The minimum atomic E-state index is -0.341. The van der Waals surface area contributed by atoms with E-state index < -0.39 is 0 Å². The van der Waals surface area contributed by atoms with Crippen LogP contribution in [0.3, 0.4) is 0 Å². The first-order valence-corrected chi connectivity index (χ1v) is 7.60. The van der Waals surface area contributed by atoms with Crippen LogP contribution in [0, 0.1) is 5.92 Å².